The van der Waals surface area contributed by atoms with Crippen molar-refractivity contribution in [3.05, 3.63) is 58.7 Å². The second-order valence-electron chi connectivity index (χ2n) is 8.06. The van der Waals surface area contributed by atoms with Gasteiger partial charge in [0.2, 0.25) is 0 Å². The van der Waals surface area contributed by atoms with Gasteiger partial charge in [-0.15, -0.1) is 12.4 Å². The van der Waals surface area contributed by atoms with E-state index in [1.165, 1.54) is 6.92 Å². The Morgan fingerprint density at radius 1 is 1.10 bits per heavy atom. The zero-order valence-corrected chi connectivity index (χ0v) is 19.9. The highest BCUT2D eigenvalue weighted by Gasteiger charge is 2.20. The third kappa shape index (κ3) is 7.47. The first-order valence-corrected chi connectivity index (χ1v) is 10.2. The Hall–Kier alpha value is -2.73. The first-order chi connectivity index (χ1) is 14.1. The molecule has 0 amide bonds. The highest BCUT2D eigenvalue weighted by Crippen LogP contribution is 2.34. The molecule has 0 fully saturated rings. The van der Waals surface area contributed by atoms with Crippen LogP contribution in [-0.2, 0) is 9.53 Å². The number of nitrogen functional groups attached to an aromatic ring is 1. The van der Waals surface area contributed by atoms with Crippen LogP contribution in [0.4, 0.5) is 5.69 Å². The van der Waals surface area contributed by atoms with E-state index in [2.05, 4.69) is 31.3 Å². The first-order valence-electron chi connectivity index (χ1n) is 10.2. The van der Waals surface area contributed by atoms with Crippen LogP contribution in [0.2, 0.25) is 0 Å². The molecule has 2 aromatic carbocycles. The maximum absolute atomic E-state index is 11.5. The van der Waals surface area contributed by atoms with Crippen molar-refractivity contribution in [1.82, 2.24) is 0 Å². The van der Waals surface area contributed by atoms with Crippen molar-refractivity contribution in [2.45, 2.75) is 59.6 Å². The molecule has 0 bridgehead atoms. The number of nitrogens with one attached hydrogen (secondary N) is 2. The molecule has 0 aliphatic heterocycles. The van der Waals surface area contributed by atoms with E-state index in [1.807, 2.05) is 32.9 Å². The summed E-state index contributed by atoms with van der Waals surface area (Å²) in [6, 6.07) is 11.3. The molecular weight excluding hydrogens is 414 g/mol. The summed E-state index contributed by atoms with van der Waals surface area (Å²) in [5.41, 5.74) is 10.3. The van der Waals surface area contributed by atoms with Gasteiger partial charge in [-0.3, -0.25) is 10.2 Å². The largest absolute Gasteiger partial charge is 0.491 e. The molecule has 0 aromatic heterocycles. The minimum absolute atomic E-state index is 0. The number of nitrogens with two attached hydrogens (primary N) is 1. The van der Waals surface area contributed by atoms with Gasteiger partial charge in [0.05, 0.1) is 12.1 Å². The molecule has 1 atom stereocenters. The molecule has 0 radical (unpaired) electrons. The van der Waals surface area contributed by atoms with Crippen LogP contribution in [0, 0.1) is 12.3 Å². The van der Waals surface area contributed by atoms with Crippen LogP contribution in [0.5, 0.6) is 5.75 Å². The van der Waals surface area contributed by atoms with Crippen LogP contribution >= 0.6 is 12.4 Å². The van der Waals surface area contributed by atoms with Crippen LogP contribution in [0.25, 0.3) is 0 Å². The average Bonchev–Trinajstić information content (AvgIpc) is 2.65. The van der Waals surface area contributed by atoms with Crippen molar-refractivity contribution in [3.63, 3.8) is 0 Å². The highest BCUT2D eigenvalue weighted by atomic mass is 35.5. The van der Waals surface area contributed by atoms with Crippen molar-refractivity contribution < 1.29 is 14.3 Å². The lowest BCUT2D eigenvalue weighted by Gasteiger charge is -2.25. The van der Waals surface area contributed by atoms with Gasteiger partial charge in [0, 0.05) is 18.2 Å². The topological polar surface area (TPSA) is 97.4 Å². The van der Waals surface area contributed by atoms with Crippen LogP contribution < -0.4 is 15.8 Å². The summed E-state index contributed by atoms with van der Waals surface area (Å²) in [5.74, 6) is 0.868. The Morgan fingerprint density at radius 2 is 1.71 bits per heavy atom. The number of amidine groups is 1. The Labute approximate surface area is 191 Å². The van der Waals surface area contributed by atoms with E-state index in [0.29, 0.717) is 5.56 Å². The summed E-state index contributed by atoms with van der Waals surface area (Å²) in [4.78, 5) is 11.5. The number of rotatable bonds is 9. The Kier molecular flexibility index (Phi) is 9.85. The van der Waals surface area contributed by atoms with Crippen LogP contribution in [0.3, 0.4) is 0 Å². The fraction of sp³-hybridized carbons (Fsp3) is 0.417. The summed E-state index contributed by atoms with van der Waals surface area (Å²) in [6.07, 6.45) is 0.0857. The number of benzene rings is 2. The lowest BCUT2D eigenvalue weighted by atomic mass is 9.93. The second kappa shape index (κ2) is 11.6. The number of halogens is 1. The molecule has 0 aliphatic carbocycles. The molecule has 0 heterocycles. The summed E-state index contributed by atoms with van der Waals surface area (Å²) in [7, 11) is 0. The van der Waals surface area contributed by atoms with Crippen molar-refractivity contribution in [3.8, 4) is 5.75 Å². The van der Waals surface area contributed by atoms with E-state index in [9.17, 15) is 4.79 Å². The van der Waals surface area contributed by atoms with E-state index in [0.717, 1.165) is 28.1 Å². The molecule has 170 valence electrons. The molecule has 1 unspecified atom stereocenters. The normalized spacial score (nSPS) is 11.6. The lowest BCUT2D eigenvalue weighted by molar-refractivity contribution is -0.141. The molecule has 6 nitrogen and oxygen atoms in total. The molecule has 0 aliphatic rings. The van der Waals surface area contributed by atoms with Gasteiger partial charge in [0.1, 0.15) is 18.2 Å². The monoisotopic (exact) mass is 447 g/mol. The van der Waals surface area contributed by atoms with Gasteiger partial charge in [-0.25, -0.2) is 0 Å². The summed E-state index contributed by atoms with van der Waals surface area (Å²) in [5, 5.41) is 11.0. The van der Waals surface area contributed by atoms with Crippen molar-refractivity contribution >= 4 is 29.9 Å². The standard InChI is InChI=1S/C24H33N3O3.ClH/c1-14(2)20-12-21(16(5)11-23(20)30-15(3)4)22(13-29-17(6)28)27-19-9-7-18(8-10-19)24(25)26;/h7-12,14-15,22,27H,13H2,1-6H3,(H3,25,26);1H. The van der Waals surface area contributed by atoms with Gasteiger partial charge in [-0.2, -0.15) is 0 Å². The average molecular weight is 448 g/mol. The van der Waals surface area contributed by atoms with Crippen LogP contribution in [0.15, 0.2) is 36.4 Å². The lowest BCUT2D eigenvalue weighted by Crippen LogP contribution is -2.20. The van der Waals surface area contributed by atoms with Gasteiger partial charge < -0.3 is 20.5 Å². The molecule has 2 aromatic rings. The first kappa shape index (κ1) is 26.3. The van der Waals surface area contributed by atoms with Gasteiger partial charge in [-0.05, 0) is 79.8 Å². The number of hydrogen-bond donors (Lipinski definition) is 3. The molecule has 0 saturated carbocycles. The molecule has 2 rings (SSSR count). The molecule has 0 saturated heterocycles. The fourth-order valence-electron chi connectivity index (χ4n) is 3.26. The summed E-state index contributed by atoms with van der Waals surface area (Å²) >= 11 is 0. The molecule has 4 N–H and O–H groups in total. The molecular formula is C24H34ClN3O3. The number of ether oxygens (including phenoxy) is 2. The minimum Gasteiger partial charge on any atom is -0.491 e. The smallest absolute Gasteiger partial charge is 0.302 e. The minimum atomic E-state index is -0.324. The number of anilines is 1. The third-order valence-corrected chi connectivity index (χ3v) is 4.75. The van der Waals surface area contributed by atoms with Crippen molar-refractivity contribution in [2.75, 3.05) is 11.9 Å². The van der Waals surface area contributed by atoms with E-state index < -0.39 is 0 Å². The van der Waals surface area contributed by atoms with Gasteiger partial charge in [-0.1, -0.05) is 13.8 Å². The highest BCUT2D eigenvalue weighted by molar-refractivity contribution is 5.95. The Balaban J connectivity index is 0.00000480. The van der Waals surface area contributed by atoms with Gasteiger partial charge >= 0.3 is 5.97 Å². The maximum atomic E-state index is 11.5. The number of aryl methyl sites for hydroxylation is 1. The fourth-order valence-corrected chi connectivity index (χ4v) is 3.26. The van der Waals surface area contributed by atoms with E-state index in [4.69, 9.17) is 20.6 Å². The van der Waals surface area contributed by atoms with Crippen molar-refractivity contribution in [2.24, 2.45) is 5.73 Å². The number of carbonyl (C=O) groups is 1. The Morgan fingerprint density at radius 3 is 2.19 bits per heavy atom. The number of carbonyl (C=O) groups excluding carboxylic acids is 1. The second-order valence-corrected chi connectivity index (χ2v) is 8.06. The van der Waals surface area contributed by atoms with Crippen molar-refractivity contribution in [1.29, 1.82) is 5.41 Å². The summed E-state index contributed by atoms with van der Waals surface area (Å²) < 4.78 is 11.4. The quantitative estimate of drug-likeness (QED) is 0.274. The van der Waals surface area contributed by atoms with Crippen LogP contribution in [0.1, 0.15) is 68.8 Å². The number of esters is 1. The maximum Gasteiger partial charge on any atom is 0.302 e. The molecule has 0 spiro atoms. The molecule has 31 heavy (non-hydrogen) atoms. The Bertz CT molecular complexity index is 896. The SMILES string of the molecule is CC(=O)OCC(Nc1ccc(C(=N)N)cc1)c1cc(C(C)C)c(OC(C)C)cc1C.Cl. The van der Waals surface area contributed by atoms with E-state index >= 15 is 0 Å². The number of hydrogen-bond acceptors (Lipinski definition) is 5. The predicted molar refractivity (Wildman–Crippen MR) is 129 cm³/mol. The zero-order valence-electron chi connectivity index (χ0n) is 19.1. The molecule has 7 heteroatoms. The van der Waals surface area contributed by atoms with Gasteiger partial charge in [0.25, 0.3) is 0 Å². The van der Waals surface area contributed by atoms with Gasteiger partial charge in [0.15, 0.2) is 0 Å². The zero-order chi connectivity index (χ0) is 22.4. The summed E-state index contributed by atoms with van der Waals surface area (Å²) in [6.45, 7) is 11.9. The predicted octanol–water partition coefficient (Wildman–Crippen LogP) is 5.33. The van der Waals surface area contributed by atoms with Crippen LogP contribution in [-0.4, -0.2) is 24.5 Å². The van der Waals surface area contributed by atoms with E-state index in [1.54, 1.807) is 12.1 Å². The third-order valence-electron chi connectivity index (χ3n) is 4.75. The van der Waals surface area contributed by atoms with E-state index in [-0.39, 0.29) is 48.9 Å².